The van der Waals surface area contributed by atoms with Crippen molar-refractivity contribution in [3.05, 3.63) is 52.0 Å². The van der Waals surface area contributed by atoms with Crippen molar-refractivity contribution in [1.82, 2.24) is 0 Å². The molecular weight excluding hydrogens is 251 g/mol. The molecule has 96 valence electrons. The molecule has 0 saturated heterocycles. The number of thiophene rings is 1. The highest BCUT2D eigenvalue weighted by atomic mass is 32.1. The number of aryl methyl sites for hydroxylation is 1. The van der Waals surface area contributed by atoms with Gasteiger partial charge in [-0.15, -0.1) is 11.3 Å². The molecule has 0 radical (unpaired) electrons. The summed E-state index contributed by atoms with van der Waals surface area (Å²) in [5, 5.41) is 9.38. The lowest BCUT2D eigenvalue weighted by atomic mass is 10.1. The van der Waals surface area contributed by atoms with Crippen molar-refractivity contribution >= 4 is 11.3 Å². The van der Waals surface area contributed by atoms with Crippen LogP contribution in [0.1, 0.15) is 15.7 Å². The van der Waals surface area contributed by atoms with E-state index in [1.54, 1.807) is 23.5 Å². The Labute approximate surface area is 110 Å². The molecule has 0 bridgehead atoms. The minimum atomic E-state index is -0.282. The number of halogens is 1. The Bertz CT molecular complexity index is 493. The number of ether oxygens (including phenoxy) is 1. The fourth-order valence-corrected chi connectivity index (χ4v) is 2.58. The maximum atomic E-state index is 12.7. The molecule has 1 unspecified atom stereocenters. The highest BCUT2D eigenvalue weighted by Gasteiger charge is 2.13. The molecule has 18 heavy (non-hydrogen) atoms. The predicted molar refractivity (Wildman–Crippen MR) is 70.8 cm³/mol. The van der Waals surface area contributed by atoms with Crippen LogP contribution in [0.5, 0.6) is 5.75 Å². The van der Waals surface area contributed by atoms with Crippen LogP contribution in [0.25, 0.3) is 0 Å². The molecule has 2 rings (SSSR count). The van der Waals surface area contributed by atoms with E-state index >= 15 is 0 Å². The predicted octanol–water partition coefficient (Wildman–Crippen LogP) is 3.35. The number of hydrogen-bond acceptors (Lipinski definition) is 3. The molecule has 0 aliphatic carbocycles. The highest BCUT2D eigenvalue weighted by molar-refractivity contribution is 7.12. The molecule has 1 heterocycles. The molecule has 2 nitrogen and oxygen atoms in total. The van der Waals surface area contributed by atoms with E-state index in [1.807, 2.05) is 19.1 Å². The molecule has 2 aromatic rings. The number of hydrogen-bond donors (Lipinski definition) is 1. The first-order chi connectivity index (χ1) is 8.69. The van der Waals surface area contributed by atoms with E-state index in [2.05, 4.69) is 0 Å². The standard InChI is InChI=1S/C14H15FO2S/c1-10-2-7-14(18-10)11(8-16)9-17-13-5-3-12(15)4-6-13/h2-7,11,16H,8-9H2,1H3. The Balaban J connectivity index is 1.97. The van der Waals surface area contributed by atoms with Gasteiger partial charge < -0.3 is 9.84 Å². The van der Waals surface area contributed by atoms with Crippen molar-refractivity contribution in [2.45, 2.75) is 12.8 Å². The molecule has 1 N–H and O–H groups in total. The lowest BCUT2D eigenvalue weighted by molar-refractivity contribution is 0.206. The molecule has 0 fully saturated rings. The van der Waals surface area contributed by atoms with Gasteiger partial charge in [-0.25, -0.2) is 4.39 Å². The summed E-state index contributed by atoms with van der Waals surface area (Å²) in [5.74, 6) is 0.298. The zero-order valence-corrected chi connectivity index (χ0v) is 10.9. The number of benzene rings is 1. The van der Waals surface area contributed by atoms with E-state index in [0.29, 0.717) is 12.4 Å². The van der Waals surface area contributed by atoms with E-state index in [9.17, 15) is 9.50 Å². The Morgan fingerprint density at radius 3 is 2.50 bits per heavy atom. The van der Waals surface area contributed by atoms with Crippen molar-refractivity contribution < 1.29 is 14.2 Å². The number of aliphatic hydroxyl groups excluding tert-OH is 1. The maximum Gasteiger partial charge on any atom is 0.123 e. The Kier molecular flexibility index (Phi) is 4.33. The summed E-state index contributed by atoms with van der Waals surface area (Å²) in [6, 6.07) is 9.93. The summed E-state index contributed by atoms with van der Waals surface area (Å²) < 4.78 is 18.3. The van der Waals surface area contributed by atoms with Crippen LogP contribution < -0.4 is 4.74 Å². The van der Waals surface area contributed by atoms with Crippen LogP contribution in [0.2, 0.25) is 0 Å². The van der Waals surface area contributed by atoms with Gasteiger partial charge in [0.25, 0.3) is 0 Å². The van der Waals surface area contributed by atoms with Crippen LogP contribution in [0, 0.1) is 12.7 Å². The van der Waals surface area contributed by atoms with Crippen molar-refractivity contribution in [2.24, 2.45) is 0 Å². The maximum absolute atomic E-state index is 12.7. The zero-order valence-electron chi connectivity index (χ0n) is 10.1. The lowest BCUT2D eigenvalue weighted by Gasteiger charge is -2.13. The summed E-state index contributed by atoms with van der Waals surface area (Å²) in [4.78, 5) is 2.32. The molecule has 0 saturated carbocycles. The average molecular weight is 266 g/mol. The van der Waals surface area contributed by atoms with E-state index in [1.165, 1.54) is 17.0 Å². The van der Waals surface area contributed by atoms with Crippen molar-refractivity contribution in [3.8, 4) is 5.75 Å². The summed E-state index contributed by atoms with van der Waals surface area (Å²) in [6.07, 6.45) is 0. The summed E-state index contributed by atoms with van der Waals surface area (Å²) >= 11 is 1.66. The van der Waals surface area contributed by atoms with E-state index in [0.717, 1.165) is 4.88 Å². The molecule has 0 spiro atoms. The van der Waals surface area contributed by atoms with E-state index in [-0.39, 0.29) is 18.3 Å². The second kappa shape index (κ2) is 5.98. The summed E-state index contributed by atoms with van der Waals surface area (Å²) in [6.45, 7) is 2.46. The van der Waals surface area contributed by atoms with Crippen molar-refractivity contribution in [1.29, 1.82) is 0 Å². The fraction of sp³-hybridized carbons (Fsp3) is 0.286. The molecule has 0 aliphatic rings. The minimum Gasteiger partial charge on any atom is -0.493 e. The molecular formula is C14H15FO2S. The Morgan fingerprint density at radius 2 is 1.94 bits per heavy atom. The quantitative estimate of drug-likeness (QED) is 0.899. The monoisotopic (exact) mass is 266 g/mol. The highest BCUT2D eigenvalue weighted by Crippen LogP contribution is 2.25. The topological polar surface area (TPSA) is 29.5 Å². The minimum absolute atomic E-state index is 0.0336. The van der Waals surface area contributed by atoms with Gasteiger partial charge in [-0.2, -0.15) is 0 Å². The van der Waals surface area contributed by atoms with E-state index < -0.39 is 0 Å². The normalized spacial score (nSPS) is 12.4. The number of aliphatic hydroxyl groups is 1. The molecule has 1 atom stereocenters. The summed E-state index contributed by atoms with van der Waals surface area (Å²) in [5.41, 5.74) is 0. The van der Waals surface area contributed by atoms with Gasteiger partial charge in [0.1, 0.15) is 11.6 Å². The lowest BCUT2D eigenvalue weighted by Crippen LogP contribution is -2.13. The van der Waals surface area contributed by atoms with Crippen LogP contribution in [0.3, 0.4) is 0 Å². The van der Waals surface area contributed by atoms with Crippen LogP contribution in [0.4, 0.5) is 4.39 Å². The molecule has 0 amide bonds. The van der Waals surface area contributed by atoms with Crippen LogP contribution in [0.15, 0.2) is 36.4 Å². The third-order valence-electron chi connectivity index (χ3n) is 2.65. The third kappa shape index (κ3) is 3.31. The van der Waals surface area contributed by atoms with Gasteiger partial charge in [0.05, 0.1) is 19.1 Å². The molecule has 0 aliphatic heterocycles. The van der Waals surface area contributed by atoms with Gasteiger partial charge in [0, 0.05) is 9.75 Å². The van der Waals surface area contributed by atoms with Gasteiger partial charge in [0.2, 0.25) is 0 Å². The zero-order chi connectivity index (χ0) is 13.0. The second-order valence-corrected chi connectivity index (χ2v) is 5.41. The van der Waals surface area contributed by atoms with Gasteiger partial charge in [-0.05, 0) is 43.3 Å². The average Bonchev–Trinajstić information content (AvgIpc) is 2.79. The van der Waals surface area contributed by atoms with Crippen LogP contribution >= 0.6 is 11.3 Å². The first-order valence-corrected chi connectivity index (χ1v) is 6.56. The smallest absolute Gasteiger partial charge is 0.123 e. The number of rotatable bonds is 5. The van der Waals surface area contributed by atoms with Crippen molar-refractivity contribution in [2.75, 3.05) is 13.2 Å². The Hall–Kier alpha value is -1.39. The third-order valence-corrected chi connectivity index (χ3v) is 3.81. The first-order valence-electron chi connectivity index (χ1n) is 5.74. The van der Waals surface area contributed by atoms with Gasteiger partial charge in [0.15, 0.2) is 0 Å². The summed E-state index contributed by atoms with van der Waals surface area (Å²) in [7, 11) is 0. The Morgan fingerprint density at radius 1 is 1.22 bits per heavy atom. The van der Waals surface area contributed by atoms with Gasteiger partial charge in [-0.1, -0.05) is 0 Å². The van der Waals surface area contributed by atoms with Crippen LogP contribution in [-0.4, -0.2) is 18.3 Å². The largest absolute Gasteiger partial charge is 0.493 e. The molecule has 4 heteroatoms. The van der Waals surface area contributed by atoms with Crippen molar-refractivity contribution in [3.63, 3.8) is 0 Å². The first kappa shape index (κ1) is 13.1. The SMILES string of the molecule is Cc1ccc(C(CO)COc2ccc(F)cc2)s1. The fourth-order valence-electron chi connectivity index (χ4n) is 1.63. The molecule has 1 aromatic heterocycles. The van der Waals surface area contributed by atoms with E-state index in [4.69, 9.17) is 4.74 Å². The van der Waals surface area contributed by atoms with Gasteiger partial charge in [-0.3, -0.25) is 0 Å². The van der Waals surface area contributed by atoms with Gasteiger partial charge >= 0.3 is 0 Å². The van der Waals surface area contributed by atoms with Crippen LogP contribution in [-0.2, 0) is 0 Å². The second-order valence-electron chi connectivity index (χ2n) is 4.09. The molecule has 1 aromatic carbocycles.